The Morgan fingerprint density at radius 1 is 0.968 bits per heavy atom. The molecule has 0 aliphatic carbocycles. The Bertz CT molecular complexity index is 1310. The molecule has 7 nitrogen and oxygen atoms in total. The highest BCUT2D eigenvalue weighted by Crippen LogP contribution is 2.26. The second-order valence-corrected chi connectivity index (χ2v) is 8.49. The maximum Gasteiger partial charge on any atom is 0.345 e. The van der Waals surface area contributed by atoms with E-state index in [9.17, 15) is 4.79 Å². The van der Waals surface area contributed by atoms with Gasteiger partial charge < -0.3 is 18.6 Å². The number of hydrogen-bond acceptors (Lipinski definition) is 6. The van der Waals surface area contributed by atoms with Crippen LogP contribution in [0.2, 0.25) is 0 Å². The van der Waals surface area contributed by atoms with E-state index in [1.54, 1.807) is 0 Å². The van der Waals surface area contributed by atoms with Gasteiger partial charge in [-0.3, -0.25) is 4.98 Å². The molecule has 0 radical (unpaired) electrons. The number of benzene rings is 1. The first-order chi connectivity index (χ1) is 15.0. The van der Waals surface area contributed by atoms with Crippen molar-refractivity contribution in [3.05, 3.63) is 58.5 Å². The zero-order valence-electron chi connectivity index (χ0n) is 18.3. The summed E-state index contributed by atoms with van der Waals surface area (Å²) in [6, 6.07) is 8.03. The van der Waals surface area contributed by atoms with Crippen molar-refractivity contribution in [3.8, 4) is 11.3 Å². The van der Waals surface area contributed by atoms with Gasteiger partial charge in [0.2, 0.25) is 0 Å². The summed E-state index contributed by atoms with van der Waals surface area (Å²) in [5, 5.41) is 0.896. The van der Waals surface area contributed by atoms with Crippen LogP contribution in [-0.2, 0) is 0 Å². The Labute approximate surface area is 180 Å². The zero-order valence-corrected chi connectivity index (χ0v) is 18.3. The molecule has 4 aromatic rings. The number of fused-ring (bicyclic) bond motifs is 2. The van der Waals surface area contributed by atoms with Crippen molar-refractivity contribution in [2.24, 2.45) is 0 Å². The van der Waals surface area contributed by atoms with Gasteiger partial charge in [0.25, 0.3) is 0 Å². The molecule has 3 aromatic heterocycles. The third kappa shape index (κ3) is 3.81. The summed E-state index contributed by atoms with van der Waals surface area (Å²) in [5.41, 5.74) is 4.91. The average Bonchev–Trinajstić information content (AvgIpc) is 3.14. The van der Waals surface area contributed by atoms with Crippen LogP contribution in [0.1, 0.15) is 24.2 Å². The predicted molar refractivity (Wildman–Crippen MR) is 123 cm³/mol. The monoisotopic (exact) mass is 417 g/mol. The van der Waals surface area contributed by atoms with E-state index in [2.05, 4.69) is 32.9 Å². The first kappa shape index (κ1) is 19.8. The van der Waals surface area contributed by atoms with Crippen LogP contribution >= 0.6 is 0 Å². The molecule has 0 saturated carbocycles. The quantitative estimate of drug-likeness (QED) is 0.464. The first-order valence-corrected chi connectivity index (χ1v) is 10.8. The molecule has 0 bridgehead atoms. The van der Waals surface area contributed by atoms with Crippen molar-refractivity contribution in [1.29, 1.82) is 0 Å². The van der Waals surface area contributed by atoms with E-state index in [0.717, 1.165) is 67.1 Å². The molecular formula is C24H27N5O2. The lowest BCUT2D eigenvalue weighted by Gasteiger charge is -2.30. The van der Waals surface area contributed by atoms with Crippen molar-refractivity contribution in [1.82, 2.24) is 19.3 Å². The number of hydrogen-bond donors (Lipinski definition) is 0. The zero-order chi connectivity index (χ0) is 21.5. The van der Waals surface area contributed by atoms with Gasteiger partial charge in [0.1, 0.15) is 5.58 Å². The third-order valence-corrected chi connectivity index (χ3v) is 6.02. The maximum absolute atomic E-state index is 12.8. The van der Waals surface area contributed by atoms with E-state index < -0.39 is 0 Å². The Hall–Kier alpha value is -3.19. The summed E-state index contributed by atoms with van der Waals surface area (Å²) in [6.07, 6.45) is 6.02. The van der Waals surface area contributed by atoms with E-state index >= 15 is 0 Å². The normalized spacial score (nSPS) is 16.0. The minimum Gasteiger partial charge on any atom is -0.422 e. The van der Waals surface area contributed by atoms with Gasteiger partial charge in [-0.2, -0.15) is 0 Å². The molecule has 0 unspecified atom stereocenters. The molecule has 5 rings (SSSR count). The van der Waals surface area contributed by atoms with Gasteiger partial charge in [0.05, 0.1) is 22.6 Å². The molecule has 1 aromatic carbocycles. The highest BCUT2D eigenvalue weighted by atomic mass is 16.4. The van der Waals surface area contributed by atoms with Crippen LogP contribution in [0.4, 0.5) is 5.69 Å². The van der Waals surface area contributed by atoms with Gasteiger partial charge in [-0.1, -0.05) is 0 Å². The van der Waals surface area contributed by atoms with Gasteiger partial charge in [0.15, 0.2) is 5.65 Å². The molecule has 1 saturated heterocycles. The molecule has 0 atom stereocenters. The van der Waals surface area contributed by atoms with Gasteiger partial charge in [-0.25, -0.2) is 9.78 Å². The Morgan fingerprint density at radius 3 is 2.52 bits per heavy atom. The molecule has 160 valence electrons. The minimum absolute atomic E-state index is 0.371. The standard InChI is InChI=1S/C24H27N5O2/c1-16-14-29-15-21(26-23(29)17(2)25-16)20-12-18-6-7-19(13-22(18)31-24(20)30)28-10-4-8-27(3)9-5-11-28/h6-7,12-15H,4-5,8-11H2,1-3H3. The molecule has 4 heterocycles. The van der Waals surface area contributed by atoms with Gasteiger partial charge in [-0.05, 0) is 65.0 Å². The van der Waals surface area contributed by atoms with Crippen LogP contribution in [0.5, 0.6) is 0 Å². The highest BCUT2D eigenvalue weighted by molar-refractivity contribution is 5.84. The fourth-order valence-corrected chi connectivity index (χ4v) is 4.45. The van der Waals surface area contributed by atoms with Crippen molar-refractivity contribution < 1.29 is 4.42 Å². The summed E-state index contributed by atoms with van der Waals surface area (Å²) in [7, 11) is 2.18. The maximum atomic E-state index is 12.8. The van der Waals surface area contributed by atoms with Crippen LogP contribution in [0, 0.1) is 13.8 Å². The lowest BCUT2D eigenvalue weighted by Crippen LogP contribution is -2.34. The molecule has 0 spiro atoms. The number of nitrogens with zero attached hydrogens (tertiary/aromatic N) is 5. The second-order valence-electron chi connectivity index (χ2n) is 8.49. The van der Waals surface area contributed by atoms with E-state index in [0.29, 0.717) is 16.8 Å². The minimum atomic E-state index is -0.371. The van der Waals surface area contributed by atoms with Crippen LogP contribution in [0.15, 0.2) is 45.9 Å². The van der Waals surface area contributed by atoms with Crippen LogP contribution < -0.4 is 10.5 Å². The number of rotatable bonds is 2. The summed E-state index contributed by atoms with van der Waals surface area (Å²) in [5.74, 6) is 0. The van der Waals surface area contributed by atoms with Gasteiger partial charge >= 0.3 is 5.63 Å². The number of aromatic nitrogens is 3. The average molecular weight is 418 g/mol. The van der Waals surface area contributed by atoms with Crippen LogP contribution in [0.3, 0.4) is 0 Å². The Balaban J connectivity index is 1.51. The topological polar surface area (TPSA) is 66.9 Å². The fourth-order valence-electron chi connectivity index (χ4n) is 4.45. The van der Waals surface area contributed by atoms with Crippen molar-refractivity contribution in [3.63, 3.8) is 0 Å². The van der Waals surface area contributed by atoms with Crippen LogP contribution in [0.25, 0.3) is 27.9 Å². The predicted octanol–water partition coefficient (Wildman–Crippen LogP) is 3.65. The summed E-state index contributed by atoms with van der Waals surface area (Å²) >= 11 is 0. The van der Waals surface area contributed by atoms with E-state index in [4.69, 9.17) is 4.42 Å². The fraction of sp³-hybridized carbons (Fsp3) is 0.375. The molecule has 0 amide bonds. The summed E-state index contributed by atoms with van der Waals surface area (Å²) in [4.78, 5) is 26.7. The van der Waals surface area contributed by atoms with Gasteiger partial charge in [0, 0.05) is 42.6 Å². The van der Waals surface area contributed by atoms with Crippen molar-refractivity contribution >= 4 is 22.3 Å². The Kier molecular flexibility index (Phi) is 4.98. The summed E-state index contributed by atoms with van der Waals surface area (Å²) in [6.45, 7) is 8.09. The number of aryl methyl sites for hydroxylation is 2. The van der Waals surface area contributed by atoms with E-state index in [1.165, 1.54) is 0 Å². The molecule has 0 N–H and O–H groups in total. The first-order valence-electron chi connectivity index (χ1n) is 10.8. The summed E-state index contributed by atoms with van der Waals surface area (Å²) < 4.78 is 7.66. The molecular weight excluding hydrogens is 390 g/mol. The number of imidazole rings is 1. The SMILES string of the molecule is Cc1cn2cc(-c3cc4ccc(N5CCCN(C)CCC5)cc4oc3=O)nc2c(C)n1. The molecule has 1 aliphatic heterocycles. The second kappa shape index (κ2) is 7.81. The molecule has 1 aliphatic rings. The largest absolute Gasteiger partial charge is 0.422 e. The van der Waals surface area contributed by atoms with Crippen LogP contribution in [-0.4, -0.2) is 52.5 Å². The Morgan fingerprint density at radius 2 is 1.74 bits per heavy atom. The van der Waals surface area contributed by atoms with Crippen molar-refractivity contribution in [2.75, 3.05) is 38.1 Å². The van der Waals surface area contributed by atoms with E-state index in [1.807, 2.05) is 48.8 Å². The number of anilines is 1. The molecule has 7 heteroatoms. The third-order valence-electron chi connectivity index (χ3n) is 6.02. The lowest BCUT2D eigenvalue weighted by atomic mass is 10.1. The van der Waals surface area contributed by atoms with E-state index in [-0.39, 0.29) is 5.63 Å². The highest BCUT2D eigenvalue weighted by Gasteiger charge is 2.16. The van der Waals surface area contributed by atoms with Gasteiger partial charge in [-0.15, -0.1) is 0 Å². The lowest BCUT2D eigenvalue weighted by molar-refractivity contribution is 0.313. The van der Waals surface area contributed by atoms with Crippen molar-refractivity contribution in [2.45, 2.75) is 26.7 Å². The molecule has 31 heavy (non-hydrogen) atoms. The smallest absolute Gasteiger partial charge is 0.345 e. The molecule has 1 fully saturated rings.